The summed E-state index contributed by atoms with van der Waals surface area (Å²) >= 11 is 0. The Morgan fingerprint density at radius 3 is 1.29 bits per heavy atom. The smallest absolute Gasteiger partial charge is 0.152 e. The normalized spacial score (nSPS) is 12.3. The maximum atomic E-state index is 7.00. The molecule has 0 spiro atoms. The quantitative estimate of drug-likeness (QED) is 0.175. The Hall–Kier alpha value is -6.90. The van der Waals surface area contributed by atoms with Gasteiger partial charge in [0.15, 0.2) is 11.5 Å². The van der Waals surface area contributed by atoms with Crippen molar-refractivity contribution in [3.8, 4) is 33.8 Å². The monoisotopic (exact) mass is 661 g/mol. The van der Waals surface area contributed by atoms with Crippen LogP contribution < -0.4 is 9.64 Å². The molecule has 0 aromatic heterocycles. The van der Waals surface area contributed by atoms with Crippen molar-refractivity contribution in [1.82, 2.24) is 0 Å². The summed E-state index contributed by atoms with van der Waals surface area (Å²) in [6.45, 7) is 0. The molecule has 0 radical (unpaired) electrons. The molecule has 0 aliphatic carbocycles. The molecule has 0 saturated carbocycles. The number of nitrogens with zero attached hydrogens (tertiary/aromatic N) is 1. The van der Waals surface area contributed by atoms with Gasteiger partial charge in [-0.2, -0.15) is 0 Å². The maximum absolute atomic E-state index is 7.00. The van der Waals surface area contributed by atoms with Crippen LogP contribution in [-0.2, 0) is 0 Å². The van der Waals surface area contributed by atoms with Gasteiger partial charge >= 0.3 is 0 Å². The molecular weight excluding hydrogens is 631 g/mol. The molecule has 0 N–H and O–H groups in total. The predicted molar refractivity (Wildman–Crippen MR) is 220 cm³/mol. The van der Waals surface area contributed by atoms with E-state index in [2.05, 4.69) is 193 Å². The van der Waals surface area contributed by atoms with Crippen molar-refractivity contribution in [2.75, 3.05) is 4.90 Å². The Bertz CT molecular complexity index is 2900. The summed E-state index contributed by atoms with van der Waals surface area (Å²) in [7, 11) is 0. The molecule has 10 aromatic carbocycles. The lowest BCUT2D eigenvalue weighted by molar-refractivity contribution is 0.477. The first-order chi connectivity index (χ1) is 25.8. The van der Waals surface area contributed by atoms with E-state index in [9.17, 15) is 0 Å². The zero-order valence-corrected chi connectivity index (χ0v) is 28.3. The van der Waals surface area contributed by atoms with Gasteiger partial charge in [-0.1, -0.05) is 140 Å². The van der Waals surface area contributed by atoms with Crippen LogP contribution in [0.2, 0.25) is 0 Å². The lowest BCUT2D eigenvalue weighted by Crippen LogP contribution is -2.16. The lowest BCUT2D eigenvalue weighted by Gasteiger charge is -2.33. The number of hydrogen-bond acceptors (Lipinski definition) is 2. The molecule has 1 aliphatic rings. The molecule has 2 nitrogen and oxygen atoms in total. The van der Waals surface area contributed by atoms with E-state index in [0.29, 0.717) is 0 Å². The van der Waals surface area contributed by atoms with Crippen LogP contribution in [0.25, 0.3) is 76.1 Å². The molecule has 1 aliphatic heterocycles. The Balaban J connectivity index is 1.12. The summed E-state index contributed by atoms with van der Waals surface area (Å²) in [6.07, 6.45) is 0. The van der Waals surface area contributed by atoms with Crippen LogP contribution >= 0.6 is 0 Å². The summed E-state index contributed by atoms with van der Waals surface area (Å²) in [5, 5.41) is 12.4. The average molecular weight is 662 g/mol. The van der Waals surface area contributed by atoms with Gasteiger partial charge in [0.25, 0.3) is 0 Å². The Kier molecular flexibility index (Phi) is 6.28. The minimum absolute atomic E-state index is 0.830. The van der Waals surface area contributed by atoms with Crippen LogP contribution in [-0.4, -0.2) is 0 Å². The third kappa shape index (κ3) is 4.44. The van der Waals surface area contributed by atoms with Crippen LogP contribution in [0.3, 0.4) is 0 Å². The molecule has 52 heavy (non-hydrogen) atoms. The van der Waals surface area contributed by atoms with Gasteiger partial charge in [-0.15, -0.1) is 0 Å². The molecule has 0 atom stereocenters. The minimum Gasteiger partial charge on any atom is -0.453 e. The van der Waals surface area contributed by atoms with Crippen molar-refractivity contribution in [2.45, 2.75) is 0 Å². The second-order valence-electron chi connectivity index (χ2n) is 13.7. The van der Waals surface area contributed by atoms with Gasteiger partial charge in [-0.3, -0.25) is 0 Å². The van der Waals surface area contributed by atoms with Crippen LogP contribution in [0, 0.1) is 0 Å². The third-order valence-electron chi connectivity index (χ3n) is 10.8. The summed E-state index contributed by atoms with van der Waals surface area (Å²) in [5.41, 5.74) is 7.76. The Morgan fingerprint density at radius 2 is 0.750 bits per heavy atom. The van der Waals surface area contributed by atoms with Crippen molar-refractivity contribution in [3.63, 3.8) is 0 Å². The highest BCUT2D eigenvalue weighted by atomic mass is 16.5. The second-order valence-corrected chi connectivity index (χ2v) is 13.7. The first kappa shape index (κ1) is 28.9. The van der Waals surface area contributed by atoms with E-state index in [4.69, 9.17) is 4.74 Å². The van der Waals surface area contributed by atoms with E-state index in [-0.39, 0.29) is 0 Å². The van der Waals surface area contributed by atoms with Gasteiger partial charge in [-0.25, -0.2) is 0 Å². The Labute approximate surface area is 301 Å². The van der Waals surface area contributed by atoms with Gasteiger partial charge in [0.05, 0.1) is 11.4 Å². The Morgan fingerprint density at radius 1 is 0.308 bits per heavy atom. The SMILES string of the molecule is c1ccc2cc(N3c4ccc(-c5cc6ccccc6c6ccccc56)cc4Oc4cc(-c5cc6ccccc6c6ccccc56)ccc43)ccc2c1. The number of anilines is 3. The molecule has 0 amide bonds. The van der Waals surface area contributed by atoms with Gasteiger partial charge < -0.3 is 9.64 Å². The van der Waals surface area contributed by atoms with E-state index in [0.717, 1.165) is 39.7 Å². The van der Waals surface area contributed by atoms with Crippen LogP contribution in [0.15, 0.2) is 188 Å². The van der Waals surface area contributed by atoms with Crippen molar-refractivity contribution in [3.05, 3.63) is 188 Å². The fourth-order valence-corrected chi connectivity index (χ4v) is 8.32. The number of ether oxygens (including phenoxy) is 1. The van der Waals surface area contributed by atoms with Gasteiger partial charge in [0.2, 0.25) is 0 Å². The maximum Gasteiger partial charge on any atom is 0.152 e. The highest BCUT2D eigenvalue weighted by molar-refractivity contribution is 6.15. The molecular formula is C50H31NO. The predicted octanol–water partition coefficient (Wildman–Crippen LogP) is 14.4. The molecule has 1 heterocycles. The molecule has 0 saturated heterocycles. The topological polar surface area (TPSA) is 12.5 Å². The number of benzene rings is 10. The van der Waals surface area contributed by atoms with E-state index in [1.807, 2.05) is 0 Å². The molecule has 10 aromatic rings. The first-order valence-electron chi connectivity index (χ1n) is 17.8. The average Bonchev–Trinajstić information content (AvgIpc) is 3.21. The van der Waals surface area contributed by atoms with Crippen molar-refractivity contribution in [2.24, 2.45) is 0 Å². The summed E-state index contributed by atoms with van der Waals surface area (Å²) < 4.78 is 7.00. The zero-order chi connectivity index (χ0) is 34.2. The van der Waals surface area contributed by atoms with E-state index in [1.165, 1.54) is 65.0 Å². The summed E-state index contributed by atoms with van der Waals surface area (Å²) in [5.74, 6) is 1.66. The number of hydrogen-bond donors (Lipinski definition) is 0. The molecule has 2 heteroatoms. The third-order valence-corrected chi connectivity index (χ3v) is 10.8. The standard InChI is InChI=1S/C50H31NO/c1-2-12-33-27-38(24-21-32(33)11-1)51-47-25-22-36(45-28-34-13-3-5-15-39(34)41-17-7-9-19-43(41)45)30-49(47)52-50-31-37(23-26-48(50)51)46-29-35-14-4-6-16-40(35)42-18-8-10-20-44(42)46/h1-31H. The molecule has 11 rings (SSSR count). The second kappa shape index (κ2) is 11.3. The van der Waals surface area contributed by atoms with Crippen molar-refractivity contribution < 1.29 is 4.74 Å². The molecule has 0 unspecified atom stereocenters. The fraction of sp³-hybridized carbons (Fsp3) is 0. The van der Waals surface area contributed by atoms with Gasteiger partial charge in [0.1, 0.15) is 0 Å². The van der Waals surface area contributed by atoms with Crippen molar-refractivity contribution >= 4 is 70.9 Å². The fourth-order valence-electron chi connectivity index (χ4n) is 8.32. The summed E-state index contributed by atoms with van der Waals surface area (Å²) in [6, 6.07) is 68.0. The number of rotatable bonds is 3. The van der Waals surface area contributed by atoms with Crippen LogP contribution in [0.4, 0.5) is 17.1 Å². The zero-order valence-electron chi connectivity index (χ0n) is 28.3. The first-order valence-corrected chi connectivity index (χ1v) is 17.8. The molecule has 0 fully saturated rings. The molecule has 0 bridgehead atoms. The van der Waals surface area contributed by atoms with Crippen LogP contribution in [0.1, 0.15) is 0 Å². The lowest BCUT2D eigenvalue weighted by atomic mass is 9.92. The van der Waals surface area contributed by atoms with Crippen LogP contribution in [0.5, 0.6) is 11.5 Å². The molecule has 242 valence electrons. The minimum atomic E-state index is 0.830. The highest BCUT2D eigenvalue weighted by Gasteiger charge is 2.28. The highest BCUT2D eigenvalue weighted by Crippen LogP contribution is 2.53. The largest absolute Gasteiger partial charge is 0.453 e. The van der Waals surface area contributed by atoms with Crippen molar-refractivity contribution in [1.29, 1.82) is 0 Å². The number of fused-ring (bicyclic) bond motifs is 9. The van der Waals surface area contributed by atoms with E-state index < -0.39 is 0 Å². The van der Waals surface area contributed by atoms with E-state index >= 15 is 0 Å². The van der Waals surface area contributed by atoms with E-state index in [1.54, 1.807) is 0 Å². The van der Waals surface area contributed by atoms with Gasteiger partial charge in [-0.05, 0) is 125 Å². The van der Waals surface area contributed by atoms with Gasteiger partial charge in [0, 0.05) is 5.69 Å². The summed E-state index contributed by atoms with van der Waals surface area (Å²) in [4.78, 5) is 2.35.